The molecule has 1 aromatic heterocycles. The molecule has 0 amide bonds. The summed E-state index contributed by atoms with van der Waals surface area (Å²) < 4.78 is 11.1. The van der Waals surface area contributed by atoms with Crippen molar-refractivity contribution in [2.45, 2.75) is 0 Å². The van der Waals surface area contributed by atoms with E-state index in [4.69, 9.17) is 14.5 Å². The summed E-state index contributed by atoms with van der Waals surface area (Å²) in [5.41, 5.74) is 3.24. The third-order valence-corrected chi connectivity index (χ3v) is 4.80. The van der Waals surface area contributed by atoms with Gasteiger partial charge in [0.25, 0.3) is 5.69 Å². The van der Waals surface area contributed by atoms with Gasteiger partial charge in [-0.3, -0.25) is 10.1 Å². The maximum absolute atomic E-state index is 11.6. The second-order valence-electron chi connectivity index (χ2n) is 6.48. The van der Waals surface area contributed by atoms with Gasteiger partial charge < -0.3 is 14.5 Å². The first-order valence-electron chi connectivity index (χ1n) is 9.24. The number of hydrogen-bond donors (Lipinski definition) is 1. The number of nitro groups is 1. The van der Waals surface area contributed by atoms with E-state index in [-0.39, 0.29) is 5.69 Å². The lowest BCUT2D eigenvalue weighted by atomic mass is 10.0. The van der Waals surface area contributed by atoms with Crippen molar-refractivity contribution in [2.24, 2.45) is 0 Å². The Balaban J connectivity index is 2.01. The van der Waals surface area contributed by atoms with E-state index < -0.39 is 4.92 Å². The van der Waals surface area contributed by atoms with Gasteiger partial charge in [-0.25, -0.2) is 4.98 Å². The molecule has 1 N–H and O–H groups in total. The molecule has 0 saturated carbocycles. The molecule has 3 aromatic carbocycles. The molecule has 0 radical (unpaired) electrons. The summed E-state index contributed by atoms with van der Waals surface area (Å²) in [6.45, 7) is 0. The van der Waals surface area contributed by atoms with E-state index >= 15 is 0 Å². The Morgan fingerprint density at radius 1 is 0.800 bits per heavy atom. The van der Waals surface area contributed by atoms with Gasteiger partial charge in [0.15, 0.2) is 0 Å². The van der Waals surface area contributed by atoms with Gasteiger partial charge in [0.1, 0.15) is 23.0 Å². The SMILES string of the molecule is COc1ccccc1-c1nc(-c2ccccc2[N+](=O)[O-])[nH]c1-c1ccccc1OC. The highest BCUT2D eigenvalue weighted by Gasteiger charge is 2.23. The fourth-order valence-electron chi connectivity index (χ4n) is 3.42. The van der Waals surface area contributed by atoms with Crippen LogP contribution < -0.4 is 9.47 Å². The highest BCUT2D eigenvalue weighted by Crippen LogP contribution is 2.41. The van der Waals surface area contributed by atoms with Crippen molar-refractivity contribution in [3.63, 3.8) is 0 Å². The van der Waals surface area contributed by atoms with Crippen LogP contribution in [0.4, 0.5) is 5.69 Å². The number of aromatic amines is 1. The zero-order valence-electron chi connectivity index (χ0n) is 16.5. The van der Waals surface area contributed by atoms with Crippen molar-refractivity contribution < 1.29 is 14.4 Å². The fraction of sp³-hybridized carbons (Fsp3) is 0.0870. The molecule has 4 rings (SSSR count). The molecule has 150 valence electrons. The standard InChI is InChI=1S/C23H19N3O4/c1-29-19-13-7-4-10-16(19)21-22(17-11-5-8-14-20(17)30-2)25-23(24-21)15-9-3-6-12-18(15)26(27)28/h3-14H,1-2H3,(H,24,25). The van der Waals surface area contributed by atoms with Gasteiger partial charge in [-0.15, -0.1) is 0 Å². The van der Waals surface area contributed by atoms with Crippen LogP contribution in [0, 0.1) is 10.1 Å². The van der Waals surface area contributed by atoms with E-state index in [2.05, 4.69) is 4.98 Å². The number of hydrogen-bond acceptors (Lipinski definition) is 5. The molecule has 30 heavy (non-hydrogen) atoms. The van der Waals surface area contributed by atoms with Gasteiger partial charge in [0.05, 0.1) is 30.4 Å². The highest BCUT2D eigenvalue weighted by atomic mass is 16.6. The minimum atomic E-state index is -0.413. The van der Waals surface area contributed by atoms with Gasteiger partial charge in [0, 0.05) is 17.2 Å². The normalized spacial score (nSPS) is 10.6. The predicted octanol–water partition coefficient (Wildman–Crippen LogP) is 5.34. The van der Waals surface area contributed by atoms with E-state index in [9.17, 15) is 10.1 Å². The first kappa shape index (κ1) is 19.2. The lowest BCUT2D eigenvalue weighted by Crippen LogP contribution is -1.92. The van der Waals surface area contributed by atoms with Crippen LogP contribution in [-0.2, 0) is 0 Å². The van der Waals surface area contributed by atoms with Crippen LogP contribution in [0.25, 0.3) is 33.9 Å². The van der Waals surface area contributed by atoms with Gasteiger partial charge in [0.2, 0.25) is 0 Å². The first-order valence-corrected chi connectivity index (χ1v) is 9.24. The molecule has 0 spiro atoms. The van der Waals surface area contributed by atoms with Gasteiger partial charge >= 0.3 is 0 Å². The van der Waals surface area contributed by atoms with Crippen molar-refractivity contribution in [2.75, 3.05) is 14.2 Å². The first-order chi connectivity index (χ1) is 14.6. The number of nitrogens with zero attached hydrogens (tertiary/aromatic N) is 2. The molecular formula is C23H19N3O4. The maximum atomic E-state index is 11.6. The number of nitrogens with one attached hydrogen (secondary N) is 1. The largest absolute Gasteiger partial charge is 0.496 e. The summed E-state index contributed by atoms with van der Waals surface area (Å²) in [4.78, 5) is 19.2. The zero-order valence-corrected chi connectivity index (χ0v) is 16.5. The van der Waals surface area contributed by atoms with Crippen LogP contribution in [0.5, 0.6) is 11.5 Å². The summed E-state index contributed by atoms with van der Waals surface area (Å²) in [5.74, 6) is 1.70. The summed E-state index contributed by atoms with van der Waals surface area (Å²) in [7, 11) is 3.19. The molecule has 4 aromatic rings. The van der Waals surface area contributed by atoms with Gasteiger partial charge in [-0.2, -0.15) is 0 Å². The lowest BCUT2D eigenvalue weighted by Gasteiger charge is -2.10. The van der Waals surface area contributed by atoms with Gasteiger partial charge in [-0.05, 0) is 30.3 Å². The van der Waals surface area contributed by atoms with Crippen molar-refractivity contribution in [3.05, 3.63) is 82.9 Å². The van der Waals surface area contributed by atoms with Crippen LogP contribution in [0.3, 0.4) is 0 Å². The molecule has 0 atom stereocenters. The van der Waals surface area contributed by atoms with E-state index in [1.807, 2.05) is 48.5 Å². The number of aromatic nitrogens is 2. The summed E-state index contributed by atoms with van der Waals surface area (Å²) in [6.07, 6.45) is 0. The molecule has 0 aliphatic carbocycles. The number of nitro benzene ring substituents is 1. The van der Waals surface area contributed by atoms with Crippen LogP contribution in [0.15, 0.2) is 72.8 Å². The van der Waals surface area contributed by atoms with Crippen molar-refractivity contribution >= 4 is 5.69 Å². The summed E-state index contributed by atoms with van der Waals surface area (Å²) in [5, 5.41) is 11.6. The van der Waals surface area contributed by atoms with Crippen molar-refractivity contribution in [3.8, 4) is 45.4 Å². The third-order valence-electron chi connectivity index (χ3n) is 4.80. The van der Waals surface area contributed by atoms with Crippen LogP contribution in [0.1, 0.15) is 0 Å². The molecule has 0 unspecified atom stereocenters. The Morgan fingerprint density at radius 3 is 1.97 bits per heavy atom. The number of H-pyrrole nitrogens is 1. The Morgan fingerprint density at radius 2 is 1.33 bits per heavy atom. The predicted molar refractivity (Wildman–Crippen MR) is 115 cm³/mol. The van der Waals surface area contributed by atoms with Crippen LogP contribution in [-0.4, -0.2) is 29.1 Å². The molecule has 0 aliphatic heterocycles. The molecule has 0 aliphatic rings. The van der Waals surface area contributed by atoms with Crippen molar-refractivity contribution in [1.82, 2.24) is 9.97 Å². The molecular weight excluding hydrogens is 382 g/mol. The smallest absolute Gasteiger partial charge is 0.280 e. The van der Waals surface area contributed by atoms with Crippen LogP contribution in [0.2, 0.25) is 0 Å². The molecule has 1 heterocycles. The molecule has 0 saturated heterocycles. The summed E-state index contributed by atoms with van der Waals surface area (Å²) in [6, 6.07) is 21.6. The number of benzene rings is 3. The molecule has 7 nitrogen and oxygen atoms in total. The topological polar surface area (TPSA) is 90.3 Å². The molecule has 0 bridgehead atoms. The minimum Gasteiger partial charge on any atom is -0.496 e. The minimum absolute atomic E-state index is 0.0237. The number of ether oxygens (including phenoxy) is 2. The Bertz CT molecular complexity index is 1150. The summed E-state index contributed by atoms with van der Waals surface area (Å²) >= 11 is 0. The van der Waals surface area contributed by atoms with Crippen molar-refractivity contribution in [1.29, 1.82) is 0 Å². The number of imidazole rings is 1. The fourth-order valence-corrected chi connectivity index (χ4v) is 3.42. The van der Waals surface area contributed by atoms with Gasteiger partial charge in [-0.1, -0.05) is 36.4 Å². The Labute approximate surface area is 173 Å². The second kappa shape index (κ2) is 8.08. The van der Waals surface area contributed by atoms with E-state index in [0.29, 0.717) is 34.3 Å². The third kappa shape index (κ3) is 3.37. The van der Waals surface area contributed by atoms with Crippen LogP contribution >= 0.6 is 0 Å². The zero-order chi connectivity index (χ0) is 21.1. The number of methoxy groups -OCH3 is 2. The Kier molecular flexibility index (Phi) is 5.17. The number of para-hydroxylation sites is 3. The molecule has 0 fully saturated rings. The average Bonchev–Trinajstić information content (AvgIpc) is 3.23. The van der Waals surface area contributed by atoms with E-state index in [1.165, 1.54) is 6.07 Å². The monoisotopic (exact) mass is 401 g/mol. The highest BCUT2D eigenvalue weighted by molar-refractivity contribution is 5.86. The van der Waals surface area contributed by atoms with E-state index in [0.717, 1.165) is 11.1 Å². The molecule has 7 heteroatoms. The second-order valence-corrected chi connectivity index (χ2v) is 6.48. The van der Waals surface area contributed by atoms with E-state index in [1.54, 1.807) is 32.4 Å². The lowest BCUT2D eigenvalue weighted by molar-refractivity contribution is -0.384. The average molecular weight is 401 g/mol. The maximum Gasteiger partial charge on any atom is 0.280 e. The Hall–Kier alpha value is -4.13. The quantitative estimate of drug-likeness (QED) is 0.348. The number of rotatable bonds is 6.